The van der Waals surface area contributed by atoms with Crippen LogP contribution in [0.1, 0.15) is 29.2 Å². The smallest absolute Gasteiger partial charge is 0.227 e. The van der Waals surface area contributed by atoms with Gasteiger partial charge in [0.1, 0.15) is 0 Å². The number of rotatable bonds is 2. The lowest BCUT2D eigenvalue weighted by atomic mass is 9.97. The first-order valence-corrected chi connectivity index (χ1v) is 7.05. The van der Waals surface area contributed by atoms with E-state index in [1.165, 1.54) is 22.3 Å². The lowest BCUT2D eigenvalue weighted by molar-refractivity contribution is -0.131. The predicted octanol–water partition coefficient (Wildman–Crippen LogP) is 2.40. The third-order valence-electron chi connectivity index (χ3n) is 3.89. The van der Waals surface area contributed by atoms with Crippen LogP contribution >= 0.6 is 12.4 Å². The molecule has 0 bridgehead atoms. The Balaban J connectivity index is 0.00000200. The number of carbonyl (C=O) groups is 1. The SMILES string of the molecule is Cc1cc(C)c(CC(=O)N2CCN[C@H](C)C2)c(C)c1.Cl. The molecule has 1 N–H and O–H groups in total. The van der Waals surface area contributed by atoms with Crippen LogP contribution in [0.4, 0.5) is 0 Å². The zero-order valence-corrected chi connectivity index (χ0v) is 13.6. The molecule has 0 radical (unpaired) electrons. The molecule has 1 aromatic rings. The van der Waals surface area contributed by atoms with Gasteiger partial charge in [-0.05, 0) is 44.4 Å². The minimum absolute atomic E-state index is 0. The van der Waals surface area contributed by atoms with Crippen LogP contribution in [0.25, 0.3) is 0 Å². The summed E-state index contributed by atoms with van der Waals surface area (Å²) in [5, 5.41) is 3.37. The number of carbonyl (C=O) groups excluding carboxylic acids is 1. The Hall–Kier alpha value is -1.06. The summed E-state index contributed by atoms with van der Waals surface area (Å²) in [6, 6.07) is 4.73. The maximum atomic E-state index is 12.4. The number of aryl methyl sites for hydroxylation is 3. The van der Waals surface area contributed by atoms with Gasteiger partial charge in [-0.1, -0.05) is 17.7 Å². The molecule has 0 spiro atoms. The number of benzene rings is 1. The molecular weight excluding hydrogens is 272 g/mol. The first kappa shape index (κ1) is 17.0. The first-order valence-electron chi connectivity index (χ1n) is 7.05. The predicted molar refractivity (Wildman–Crippen MR) is 85.6 cm³/mol. The van der Waals surface area contributed by atoms with Gasteiger partial charge in [0.2, 0.25) is 5.91 Å². The fraction of sp³-hybridized carbons (Fsp3) is 0.562. The van der Waals surface area contributed by atoms with E-state index in [1.807, 2.05) is 4.90 Å². The number of nitrogens with one attached hydrogen (secondary N) is 1. The monoisotopic (exact) mass is 296 g/mol. The summed E-state index contributed by atoms with van der Waals surface area (Å²) in [5.74, 6) is 0.253. The van der Waals surface area contributed by atoms with Crippen molar-refractivity contribution in [3.05, 3.63) is 34.4 Å². The number of amides is 1. The van der Waals surface area contributed by atoms with Gasteiger partial charge in [-0.3, -0.25) is 4.79 Å². The average molecular weight is 297 g/mol. The highest BCUT2D eigenvalue weighted by atomic mass is 35.5. The molecule has 112 valence electrons. The van der Waals surface area contributed by atoms with Crippen LogP contribution in [0.5, 0.6) is 0 Å². The van der Waals surface area contributed by atoms with Crippen molar-refractivity contribution in [3.63, 3.8) is 0 Å². The van der Waals surface area contributed by atoms with Gasteiger partial charge in [-0.15, -0.1) is 12.4 Å². The van der Waals surface area contributed by atoms with Crippen LogP contribution in [0.15, 0.2) is 12.1 Å². The van der Waals surface area contributed by atoms with Gasteiger partial charge in [0.25, 0.3) is 0 Å². The molecular formula is C16H25ClN2O. The molecule has 1 aliphatic rings. The van der Waals surface area contributed by atoms with Crippen molar-refractivity contribution >= 4 is 18.3 Å². The van der Waals surface area contributed by atoms with Crippen LogP contribution in [0, 0.1) is 20.8 Å². The molecule has 1 fully saturated rings. The van der Waals surface area contributed by atoms with Gasteiger partial charge in [0.15, 0.2) is 0 Å². The largest absolute Gasteiger partial charge is 0.340 e. The summed E-state index contributed by atoms with van der Waals surface area (Å²) >= 11 is 0. The Morgan fingerprint density at radius 2 is 1.90 bits per heavy atom. The highest BCUT2D eigenvalue weighted by molar-refractivity contribution is 5.85. The van der Waals surface area contributed by atoms with Gasteiger partial charge >= 0.3 is 0 Å². The third-order valence-corrected chi connectivity index (χ3v) is 3.89. The minimum atomic E-state index is 0. The van der Waals surface area contributed by atoms with Crippen LogP contribution in [-0.4, -0.2) is 36.5 Å². The second kappa shape index (κ2) is 7.09. The van der Waals surface area contributed by atoms with E-state index in [1.54, 1.807) is 0 Å². The van der Waals surface area contributed by atoms with E-state index in [0.717, 1.165) is 19.6 Å². The number of nitrogens with zero attached hydrogens (tertiary/aromatic N) is 1. The Morgan fingerprint density at radius 3 is 2.45 bits per heavy atom. The molecule has 1 saturated heterocycles. The maximum absolute atomic E-state index is 12.4. The normalized spacial score (nSPS) is 18.6. The molecule has 3 nitrogen and oxygen atoms in total. The lowest BCUT2D eigenvalue weighted by Gasteiger charge is -2.32. The van der Waals surface area contributed by atoms with Crippen LogP contribution in [-0.2, 0) is 11.2 Å². The Bertz CT molecular complexity index is 464. The summed E-state index contributed by atoms with van der Waals surface area (Å²) < 4.78 is 0. The van der Waals surface area contributed by atoms with Gasteiger partial charge in [-0.2, -0.15) is 0 Å². The Morgan fingerprint density at radius 1 is 1.30 bits per heavy atom. The van der Waals surface area contributed by atoms with E-state index >= 15 is 0 Å². The second-order valence-electron chi connectivity index (χ2n) is 5.75. The number of piperazine rings is 1. The molecule has 20 heavy (non-hydrogen) atoms. The van der Waals surface area contributed by atoms with Crippen molar-refractivity contribution in [1.82, 2.24) is 10.2 Å². The molecule has 0 saturated carbocycles. The quantitative estimate of drug-likeness (QED) is 0.909. The molecule has 4 heteroatoms. The van der Waals surface area contributed by atoms with E-state index in [9.17, 15) is 4.79 Å². The summed E-state index contributed by atoms with van der Waals surface area (Å²) in [5.41, 5.74) is 4.92. The lowest BCUT2D eigenvalue weighted by Crippen LogP contribution is -2.51. The third kappa shape index (κ3) is 3.97. The van der Waals surface area contributed by atoms with Crippen LogP contribution in [0.3, 0.4) is 0 Å². The van der Waals surface area contributed by atoms with Gasteiger partial charge in [-0.25, -0.2) is 0 Å². The van der Waals surface area contributed by atoms with Gasteiger partial charge in [0.05, 0.1) is 6.42 Å². The number of hydrogen-bond donors (Lipinski definition) is 1. The molecule has 1 amide bonds. The minimum Gasteiger partial charge on any atom is -0.340 e. The van der Waals surface area contributed by atoms with E-state index in [2.05, 4.69) is 45.1 Å². The van der Waals surface area contributed by atoms with Gasteiger partial charge < -0.3 is 10.2 Å². The zero-order chi connectivity index (χ0) is 14.0. The van der Waals surface area contributed by atoms with Crippen molar-refractivity contribution in [2.45, 2.75) is 40.2 Å². The maximum Gasteiger partial charge on any atom is 0.227 e. The summed E-state index contributed by atoms with van der Waals surface area (Å²) in [6.07, 6.45) is 0.532. The molecule has 1 heterocycles. The fourth-order valence-corrected chi connectivity index (χ4v) is 2.91. The standard InChI is InChI=1S/C16H24N2O.ClH/c1-11-7-12(2)15(13(3)8-11)9-16(19)18-6-5-17-14(4)10-18;/h7-8,14,17H,5-6,9-10H2,1-4H3;1H/t14-;/m1./s1. The molecule has 1 atom stereocenters. The van der Waals surface area contributed by atoms with E-state index in [-0.39, 0.29) is 18.3 Å². The summed E-state index contributed by atoms with van der Waals surface area (Å²) in [7, 11) is 0. The fourth-order valence-electron chi connectivity index (χ4n) is 2.91. The average Bonchev–Trinajstić information content (AvgIpc) is 2.33. The van der Waals surface area contributed by atoms with Crippen molar-refractivity contribution in [3.8, 4) is 0 Å². The molecule has 0 aliphatic carbocycles. The van der Waals surface area contributed by atoms with Crippen molar-refractivity contribution in [1.29, 1.82) is 0 Å². The number of hydrogen-bond acceptors (Lipinski definition) is 2. The first-order chi connectivity index (χ1) is 8.97. The zero-order valence-electron chi connectivity index (χ0n) is 12.8. The molecule has 2 rings (SSSR count). The van der Waals surface area contributed by atoms with Gasteiger partial charge in [0, 0.05) is 25.7 Å². The Labute approximate surface area is 128 Å². The van der Waals surface area contributed by atoms with Crippen molar-refractivity contribution < 1.29 is 4.79 Å². The highest BCUT2D eigenvalue weighted by Gasteiger charge is 2.21. The summed E-state index contributed by atoms with van der Waals surface area (Å²) in [6.45, 7) is 11.0. The Kier molecular flexibility index (Phi) is 6.03. The van der Waals surface area contributed by atoms with Crippen molar-refractivity contribution in [2.75, 3.05) is 19.6 Å². The molecule has 0 aromatic heterocycles. The molecule has 0 unspecified atom stereocenters. The van der Waals surface area contributed by atoms with E-state index < -0.39 is 0 Å². The second-order valence-corrected chi connectivity index (χ2v) is 5.75. The van der Waals surface area contributed by atoms with Crippen LogP contribution in [0.2, 0.25) is 0 Å². The molecule has 1 aliphatic heterocycles. The molecule has 1 aromatic carbocycles. The van der Waals surface area contributed by atoms with E-state index in [0.29, 0.717) is 12.5 Å². The summed E-state index contributed by atoms with van der Waals surface area (Å²) in [4.78, 5) is 14.4. The van der Waals surface area contributed by atoms with E-state index in [4.69, 9.17) is 0 Å². The number of halogens is 1. The topological polar surface area (TPSA) is 32.3 Å². The highest BCUT2D eigenvalue weighted by Crippen LogP contribution is 2.18. The van der Waals surface area contributed by atoms with Crippen molar-refractivity contribution in [2.24, 2.45) is 0 Å². The van der Waals surface area contributed by atoms with Crippen LogP contribution < -0.4 is 5.32 Å².